The fourth-order valence-corrected chi connectivity index (χ4v) is 2.76. The Kier molecular flexibility index (Phi) is 5.28. The Morgan fingerprint density at radius 3 is 2.33 bits per heavy atom. The van der Waals surface area contributed by atoms with Gasteiger partial charge in [-0.25, -0.2) is 9.78 Å². The lowest BCUT2D eigenvalue weighted by molar-refractivity contribution is 0.262. The zero-order chi connectivity index (χ0) is 16.8. The van der Waals surface area contributed by atoms with Crippen molar-refractivity contribution in [3.63, 3.8) is 0 Å². The molecule has 0 bridgehead atoms. The molecule has 0 unspecified atom stereocenters. The molecule has 1 aliphatic heterocycles. The van der Waals surface area contributed by atoms with Crippen LogP contribution in [0.15, 0.2) is 48.7 Å². The first kappa shape index (κ1) is 16.3. The van der Waals surface area contributed by atoms with Gasteiger partial charge in [-0.05, 0) is 30.8 Å². The smallest absolute Gasteiger partial charge is 0.323 e. The number of pyridine rings is 1. The maximum Gasteiger partial charge on any atom is 0.323 e. The van der Waals surface area contributed by atoms with Crippen LogP contribution in [0.25, 0.3) is 0 Å². The summed E-state index contributed by atoms with van der Waals surface area (Å²) in [7, 11) is 0. The van der Waals surface area contributed by atoms with Crippen LogP contribution in [0.4, 0.5) is 22.0 Å². The van der Waals surface area contributed by atoms with Gasteiger partial charge in [0.05, 0.1) is 11.9 Å². The van der Waals surface area contributed by atoms with Crippen LogP contribution in [0.5, 0.6) is 0 Å². The molecule has 0 saturated carbocycles. The highest BCUT2D eigenvalue weighted by Crippen LogP contribution is 2.16. The van der Waals surface area contributed by atoms with Gasteiger partial charge in [-0.2, -0.15) is 0 Å². The number of urea groups is 1. The van der Waals surface area contributed by atoms with E-state index in [4.69, 9.17) is 0 Å². The normalized spacial score (nSPS) is 15.1. The Morgan fingerprint density at radius 1 is 1.00 bits per heavy atom. The average molecular weight is 325 g/mol. The van der Waals surface area contributed by atoms with Crippen LogP contribution >= 0.6 is 0 Å². The molecule has 1 aromatic carbocycles. The van der Waals surface area contributed by atoms with Gasteiger partial charge in [-0.3, -0.25) is 0 Å². The third-order valence-electron chi connectivity index (χ3n) is 4.18. The van der Waals surface area contributed by atoms with Gasteiger partial charge in [0.15, 0.2) is 0 Å². The summed E-state index contributed by atoms with van der Waals surface area (Å²) in [6.45, 7) is 7.40. The Balaban J connectivity index is 1.54. The van der Waals surface area contributed by atoms with Crippen LogP contribution in [-0.2, 0) is 0 Å². The molecule has 2 aromatic rings. The number of carbonyl (C=O) groups excluding carboxylic acids is 1. The van der Waals surface area contributed by atoms with Gasteiger partial charge in [0, 0.05) is 31.9 Å². The van der Waals surface area contributed by atoms with E-state index in [1.54, 1.807) is 6.20 Å². The average Bonchev–Trinajstić information content (AvgIpc) is 2.63. The zero-order valence-electron chi connectivity index (χ0n) is 13.9. The first-order valence-electron chi connectivity index (χ1n) is 8.31. The standard InChI is InChI=1S/C18H23N5O/c1-2-22-10-12-23(13-11-22)17-9-8-16(14-19-17)21-18(24)20-15-6-4-3-5-7-15/h3-9,14H,2,10-13H2,1H3,(H2,20,21,24). The number of piperazine rings is 1. The number of likely N-dealkylation sites (N-methyl/N-ethyl adjacent to an activating group) is 1. The van der Waals surface area contributed by atoms with Gasteiger partial charge in [0.25, 0.3) is 0 Å². The number of nitrogens with one attached hydrogen (secondary N) is 2. The van der Waals surface area contributed by atoms with Gasteiger partial charge >= 0.3 is 6.03 Å². The molecule has 1 aromatic heterocycles. The summed E-state index contributed by atoms with van der Waals surface area (Å²) >= 11 is 0. The summed E-state index contributed by atoms with van der Waals surface area (Å²) in [6, 6.07) is 12.9. The van der Waals surface area contributed by atoms with Crippen molar-refractivity contribution in [2.75, 3.05) is 48.3 Å². The third kappa shape index (κ3) is 4.23. The van der Waals surface area contributed by atoms with Crippen LogP contribution in [0.2, 0.25) is 0 Å². The Bertz CT molecular complexity index is 651. The summed E-state index contributed by atoms with van der Waals surface area (Å²) in [5.41, 5.74) is 1.44. The van der Waals surface area contributed by atoms with Crippen molar-refractivity contribution >= 4 is 23.2 Å². The number of carbonyl (C=O) groups is 1. The lowest BCUT2D eigenvalue weighted by atomic mass is 10.3. The van der Waals surface area contributed by atoms with Crippen molar-refractivity contribution in [1.29, 1.82) is 0 Å². The fraction of sp³-hybridized carbons (Fsp3) is 0.333. The van der Waals surface area contributed by atoms with Crippen molar-refractivity contribution in [3.8, 4) is 0 Å². The number of hydrogen-bond donors (Lipinski definition) is 2. The number of anilines is 3. The van der Waals surface area contributed by atoms with Gasteiger partial charge in [0.2, 0.25) is 0 Å². The van der Waals surface area contributed by atoms with Crippen molar-refractivity contribution in [3.05, 3.63) is 48.7 Å². The molecule has 1 fully saturated rings. The molecule has 6 heteroatoms. The molecule has 126 valence electrons. The maximum absolute atomic E-state index is 12.0. The first-order valence-corrected chi connectivity index (χ1v) is 8.31. The van der Waals surface area contributed by atoms with E-state index in [-0.39, 0.29) is 6.03 Å². The topological polar surface area (TPSA) is 60.5 Å². The summed E-state index contributed by atoms with van der Waals surface area (Å²) in [6.07, 6.45) is 1.70. The molecule has 0 aliphatic carbocycles. The molecule has 0 atom stereocenters. The van der Waals surface area contributed by atoms with E-state index in [1.165, 1.54) is 0 Å². The monoisotopic (exact) mass is 325 g/mol. The van der Waals surface area contributed by atoms with Crippen LogP contribution in [0, 0.1) is 0 Å². The van der Waals surface area contributed by atoms with E-state index < -0.39 is 0 Å². The van der Waals surface area contributed by atoms with Gasteiger partial charge in [-0.1, -0.05) is 25.1 Å². The summed E-state index contributed by atoms with van der Waals surface area (Å²) in [5, 5.41) is 5.58. The molecule has 0 spiro atoms. The number of hydrogen-bond acceptors (Lipinski definition) is 4. The van der Waals surface area contributed by atoms with E-state index in [0.29, 0.717) is 5.69 Å². The number of para-hydroxylation sites is 1. The number of benzene rings is 1. The van der Waals surface area contributed by atoms with Crippen LogP contribution in [0.1, 0.15) is 6.92 Å². The van der Waals surface area contributed by atoms with Gasteiger partial charge in [0.1, 0.15) is 5.82 Å². The minimum absolute atomic E-state index is 0.271. The SMILES string of the molecule is CCN1CCN(c2ccc(NC(=O)Nc3ccccc3)cn2)CC1. The Morgan fingerprint density at radius 2 is 1.71 bits per heavy atom. The van der Waals surface area contributed by atoms with Gasteiger partial charge < -0.3 is 20.4 Å². The number of aromatic nitrogens is 1. The van der Waals surface area contributed by atoms with Crippen LogP contribution in [0.3, 0.4) is 0 Å². The molecule has 1 saturated heterocycles. The fourth-order valence-electron chi connectivity index (χ4n) is 2.76. The lowest BCUT2D eigenvalue weighted by Crippen LogP contribution is -2.46. The van der Waals surface area contributed by atoms with Crippen LogP contribution in [-0.4, -0.2) is 48.6 Å². The molecule has 6 nitrogen and oxygen atoms in total. The summed E-state index contributed by atoms with van der Waals surface area (Å²) in [5.74, 6) is 0.958. The van der Waals surface area contributed by atoms with E-state index in [2.05, 4.69) is 32.3 Å². The number of nitrogens with zero attached hydrogens (tertiary/aromatic N) is 3. The molecular formula is C18H23N5O. The molecule has 3 rings (SSSR count). The van der Waals surface area contributed by atoms with E-state index in [0.717, 1.165) is 44.2 Å². The maximum atomic E-state index is 12.0. The second kappa shape index (κ2) is 7.79. The number of amides is 2. The third-order valence-corrected chi connectivity index (χ3v) is 4.18. The van der Waals surface area contributed by atoms with E-state index in [1.807, 2.05) is 42.5 Å². The molecule has 24 heavy (non-hydrogen) atoms. The minimum atomic E-state index is -0.271. The van der Waals surface area contributed by atoms with E-state index >= 15 is 0 Å². The molecule has 2 heterocycles. The highest BCUT2D eigenvalue weighted by molar-refractivity contribution is 5.99. The summed E-state index contributed by atoms with van der Waals surface area (Å²) < 4.78 is 0. The Labute approximate surface area is 142 Å². The molecule has 1 aliphatic rings. The summed E-state index contributed by atoms with van der Waals surface area (Å²) in [4.78, 5) is 21.2. The van der Waals surface area contributed by atoms with Crippen molar-refractivity contribution < 1.29 is 4.79 Å². The number of rotatable bonds is 4. The van der Waals surface area contributed by atoms with Crippen molar-refractivity contribution in [2.24, 2.45) is 0 Å². The van der Waals surface area contributed by atoms with E-state index in [9.17, 15) is 4.79 Å². The quantitative estimate of drug-likeness (QED) is 0.907. The predicted molar refractivity (Wildman–Crippen MR) is 97.6 cm³/mol. The Hall–Kier alpha value is -2.60. The van der Waals surface area contributed by atoms with Gasteiger partial charge in [-0.15, -0.1) is 0 Å². The largest absolute Gasteiger partial charge is 0.354 e. The second-order valence-electron chi connectivity index (χ2n) is 5.77. The predicted octanol–water partition coefficient (Wildman–Crippen LogP) is 2.87. The molecule has 2 N–H and O–H groups in total. The van der Waals surface area contributed by atoms with Crippen LogP contribution < -0.4 is 15.5 Å². The lowest BCUT2D eigenvalue weighted by Gasteiger charge is -2.34. The molecular weight excluding hydrogens is 302 g/mol. The zero-order valence-corrected chi connectivity index (χ0v) is 13.9. The molecule has 0 radical (unpaired) electrons. The second-order valence-corrected chi connectivity index (χ2v) is 5.77. The minimum Gasteiger partial charge on any atom is -0.354 e. The van der Waals surface area contributed by atoms with Crippen molar-refractivity contribution in [2.45, 2.75) is 6.92 Å². The first-order chi connectivity index (χ1) is 11.7. The molecule has 2 amide bonds. The highest BCUT2D eigenvalue weighted by atomic mass is 16.2. The highest BCUT2D eigenvalue weighted by Gasteiger charge is 2.16. The van der Waals surface area contributed by atoms with Crippen molar-refractivity contribution in [1.82, 2.24) is 9.88 Å².